The molecule has 0 unspecified atom stereocenters. The minimum Gasteiger partial charge on any atom is -0.289 e. The number of allylic oxidation sites excluding steroid dienone is 2. The third kappa shape index (κ3) is 1.78. The van der Waals surface area contributed by atoms with E-state index in [1.807, 2.05) is 24.3 Å². The first-order chi connectivity index (χ1) is 10.3. The van der Waals surface area contributed by atoms with E-state index in [9.17, 15) is 4.79 Å². The molecule has 0 amide bonds. The van der Waals surface area contributed by atoms with Gasteiger partial charge in [-0.1, -0.05) is 12.1 Å². The van der Waals surface area contributed by atoms with E-state index in [0.29, 0.717) is 5.56 Å². The van der Waals surface area contributed by atoms with Crippen LogP contribution in [0.4, 0.5) is 0 Å². The maximum Gasteiger partial charge on any atom is 0.190 e. The Balaban J connectivity index is 2.12. The molecule has 1 aliphatic heterocycles. The van der Waals surface area contributed by atoms with Crippen LogP contribution in [0.3, 0.4) is 0 Å². The average Bonchev–Trinajstić information content (AvgIpc) is 2.52. The molecule has 0 radical (unpaired) electrons. The van der Waals surface area contributed by atoms with Gasteiger partial charge < -0.3 is 0 Å². The zero-order valence-electron chi connectivity index (χ0n) is 11.5. The summed E-state index contributed by atoms with van der Waals surface area (Å²) in [7, 11) is 1.78. The van der Waals surface area contributed by atoms with Crippen LogP contribution in [0, 0.1) is 0 Å². The van der Waals surface area contributed by atoms with Crippen LogP contribution >= 0.6 is 0 Å². The zero-order valence-corrected chi connectivity index (χ0v) is 11.5. The Hall–Kier alpha value is -2.81. The zero-order chi connectivity index (χ0) is 14.4. The second-order valence-corrected chi connectivity index (χ2v) is 5.10. The third-order valence-electron chi connectivity index (χ3n) is 3.88. The number of carbonyl (C=O) groups is 1. The highest BCUT2D eigenvalue weighted by atomic mass is 16.1. The van der Waals surface area contributed by atoms with Crippen LogP contribution in [0.15, 0.2) is 52.6 Å². The van der Waals surface area contributed by atoms with Gasteiger partial charge >= 0.3 is 0 Å². The SMILES string of the molecule is CN=C1C=Cc2cc3c4c(ccc3cc2=C1)=NC=CC4=O. The lowest BCUT2D eigenvalue weighted by Crippen LogP contribution is -2.19. The van der Waals surface area contributed by atoms with Gasteiger partial charge in [0.15, 0.2) is 5.78 Å². The molecule has 0 N–H and O–H groups in total. The van der Waals surface area contributed by atoms with Gasteiger partial charge in [-0.05, 0) is 51.9 Å². The Morgan fingerprint density at radius 1 is 1.10 bits per heavy atom. The highest BCUT2D eigenvalue weighted by Crippen LogP contribution is 2.19. The fraction of sp³-hybridized carbons (Fsp3) is 0.0556. The van der Waals surface area contributed by atoms with E-state index in [4.69, 9.17) is 0 Å². The molecule has 0 atom stereocenters. The lowest BCUT2D eigenvalue weighted by atomic mass is 9.94. The average molecular weight is 272 g/mol. The van der Waals surface area contributed by atoms with Crippen molar-refractivity contribution in [3.05, 3.63) is 64.3 Å². The van der Waals surface area contributed by atoms with Crippen molar-refractivity contribution in [1.82, 2.24) is 0 Å². The van der Waals surface area contributed by atoms with Gasteiger partial charge in [-0.3, -0.25) is 14.8 Å². The summed E-state index contributed by atoms with van der Waals surface area (Å²) in [5.74, 6) is 0.0186. The van der Waals surface area contributed by atoms with Crippen molar-refractivity contribution in [2.45, 2.75) is 0 Å². The van der Waals surface area contributed by atoms with Gasteiger partial charge in [0, 0.05) is 19.3 Å². The molecule has 1 aliphatic carbocycles. The number of carbonyl (C=O) groups excluding carboxylic acids is 1. The summed E-state index contributed by atoms with van der Waals surface area (Å²) < 4.78 is 0. The summed E-state index contributed by atoms with van der Waals surface area (Å²) in [4.78, 5) is 20.7. The number of ketones is 1. The second-order valence-electron chi connectivity index (χ2n) is 5.10. The molecule has 0 spiro atoms. The van der Waals surface area contributed by atoms with E-state index in [1.54, 1.807) is 13.2 Å². The van der Waals surface area contributed by atoms with Crippen molar-refractivity contribution in [1.29, 1.82) is 0 Å². The molecule has 3 heteroatoms. The molecule has 0 saturated heterocycles. The Bertz CT molecular complexity index is 1010. The van der Waals surface area contributed by atoms with Crippen molar-refractivity contribution in [3.8, 4) is 0 Å². The highest BCUT2D eigenvalue weighted by molar-refractivity contribution is 6.21. The minimum absolute atomic E-state index is 0.0186. The maximum atomic E-state index is 12.2. The van der Waals surface area contributed by atoms with Gasteiger partial charge in [0.1, 0.15) is 0 Å². The molecule has 0 bridgehead atoms. The van der Waals surface area contributed by atoms with Crippen molar-refractivity contribution in [3.63, 3.8) is 0 Å². The molecule has 21 heavy (non-hydrogen) atoms. The van der Waals surface area contributed by atoms with E-state index in [-0.39, 0.29) is 5.78 Å². The molecular formula is C18H12N2O. The molecule has 0 aromatic heterocycles. The van der Waals surface area contributed by atoms with Crippen LogP contribution in [0.2, 0.25) is 0 Å². The number of hydrogen-bond donors (Lipinski definition) is 0. The van der Waals surface area contributed by atoms with E-state index >= 15 is 0 Å². The largest absolute Gasteiger partial charge is 0.289 e. The maximum absolute atomic E-state index is 12.2. The predicted octanol–water partition coefficient (Wildman–Crippen LogP) is 2.05. The molecular weight excluding hydrogens is 260 g/mol. The van der Waals surface area contributed by atoms with E-state index in [1.165, 1.54) is 6.08 Å². The van der Waals surface area contributed by atoms with Gasteiger partial charge in [0.25, 0.3) is 0 Å². The number of nitrogens with zero attached hydrogens (tertiary/aromatic N) is 2. The lowest BCUT2D eigenvalue weighted by molar-refractivity contribution is 0.104. The number of hydrogen-bond acceptors (Lipinski definition) is 3. The fourth-order valence-electron chi connectivity index (χ4n) is 2.82. The monoisotopic (exact) mass is 272 g/mol. The predicted molar refractivity (Wildman–Crippen MR) is 85.1 cm³/mol. The summed E-state index contributed by atoms with van der Waals surface area (Å²) in [5.41, 5.74) is 2.75. The summed E-state index contributed by atoms with van der Waals surface area (Å²) in [5, 5.41) is 3.88. The van der Waals surface area contributed by atoms with E-state index in [2.05, 4.69) is 28.2 Å². The topological polar surface area (TPSA) is 41.8 Å². The molecule has 1 heterocycles. The molecule has 2 aromatic rings. The smallest absolute Gasteiger partial charge is 0.190 e. The first-order valence-electron chi connectivity index (χ1n) is 6.78. The second kappa shape index (κ2) is 4.35. The standard InChI is InChI=1S/C18H12N2O/c1-19-14-4-2-11-10-15-12(8-13(11)9-14)3-5-16-18(15)17(21)6-7-20-16/h2-10H,1H3. The van der Waals surface area contributed by atoms with Crippen molar-refractivity contribution in [2.75, 3.05) is 7.05 Å². The van der Waals surface area contributed by atoms with Crippen LogP contribution in [-0.2, 0) is 0 Å². The molecule has 2 aromatic carbocycles. The summed E-state index contributed by atoms with van der Waals surface area (Å²) >= 11 is 0. The fourth-order valence-corrected chi connectivity index (χ4v) is 2.82. The molecule has 2 aliphatic rings. The van der Waals surface area contributed by atoms with Crippen LogP contribution in [0.25, 0.3) is 22.9 Å². The van der Waals surface area contributed by atoms with Gasteiger partial charge in [-0.2, -0.15) is 0 Å². The number of benzene rings is 2. The third-order valence-corrected chi connectivity index (χ3v) is 3.88. The first kappa shape index (κ1) is 12.0. The van der Waals surface area contributed by atoms with Crippen LogP contribution in [0.1, 0.15) is 15.9 Å². The van der Waals surface area contributed by atoms with Gasteiger partial charge in [-0.15, -0.1) is 0 Å². The molecule has 0 fully saturated rings. The Morgan fingerprint density at radius 3 is 2.86 bits per heavy atom. The number of aliphatic imine (C=N–C) groups is 1. The van der Waals surface area contributed by atoms with Gasteiger partial charge in [0.2, 0.25) is 0 Å². The molecule has 0 saturated carbocycles. The first-order valence-corrected chi connectivity index (χ1v) is 6.78. The number of fused-ring (bicyclic) bond motifs is 4. The van der Waals surface area contributed by atoms with Crippen molar-refractivity contribution >= 4 is 34.4 Å². The summed E-state index contributed by atoms with van der Waals surface area (Å²) in [6.45, 7) is 0. The minimum atomic E-state index is 0.0186. The molecule has 3 nitrogen and oxygen atoms in total. The molecule has 4 rings (SSSR count). The van der Waals surface area contributed by atoms with Crippen LogP contribution < -0.4 is 10.6 Å². The molecule has 100 valence electrons. The number of rotatable bonds is 0. The van der Waals surface area contributed by atoms with Crippen LogP contribution in [0.5, 0.6) is 0 Å². The lowest BCUT2D eigenvalue weighted by Gasteiger charge is -2.10. The normalized spacial score (nSPS) is 17.4. The van der Waals surface area contributed by atoms with Gasteiger partial charge in [0.05, 0.1) is 16.6 Å². The Morgan fingerprint density at radius 2 is 2.00 bits per heavy atom. The van der Waals surface area contributed by atoms with Crippen molar-refractivity contribution < 1.29 is 4.79 Å². The Labute approximate surface area is 121 Å². The van der Waals surface area contributed by atoms with E-state index in [0.717, 1.165) is 32.6 Å². The quantitative estimate of drug-likeness (QED) is 0.723. The highest BCUT2D eigenvalue weighted by Gasteiger charge is 2.14. The van der Waals surface area contributed by atoms with Crippen molar-refractivity contribution in [2.24, 2.45) is 9.98 Å². The summed E-state index contributed by atoms with van der Waals surface area (Å²) in [6.07, 6.45) is 9.16. The Kier molecular flexibility index (Phi) is 2.48. The van der Waals surface area contributed by atoms with Gasteiger partial charge in [-0.25, -0.2) is 0 Å². The van der Waals surface area contributed by atoms with Crippen LogP contribution in [-0.4, -0.2) is 18.5 Å². The van der Waals surface area contributed by atoms with E-state index < -0.39 is 0 Å². The summed E-state index contributed by atoms with van der Waals surface area (Å²) in [6, 6.07) is 8.08.